The molecule has 0 atom stereocenters. The van der Waals surface area contributed by atoms with Crippen molar-refractivity contribution in [2.75, 3.05) is 18.2 Å². The van der Waals surface area contributed by atoms with Gasteiger partial charge in [0.15, 0.2) is 16.8 Å². The third-order valence-corrected chi connectivity index (χ3v) is 7.95. The van der Waals surface area contributed by atoms with Gasteiger partial charge in [-0.1, -0.05) is 11.8 Å². The van der Waals surface area contributed by atoms with Crippen molar-refractivity contribution in [3.05, 3.63) is 74.9 Å². The molecule has 0 bridgehead atoms. The lowest BCUT2D eigenvalue weighted by molar-refractivity contribution is -0.113. The molecular formula is C25H21F2N3O3S2. The Hall–Kier alpha value is -3.24. The number of aromatic nitrogens is 2. The molecule has 180 valence electrons. The van der Waals surface area contributed by atoms with E-state index in [1.165, 1.54) is 15.5 Å². The molecule has 5 rings (SSSR count). The topological polar surface area (TPSA) is 73.2 Å². The minimum absolute atomic E-state index is 0.0712. The van der Waals surface area contributed by atoms with Crippen LogP contribution in [0.5, 0.6) is 5.75 Å². The highest BCUT2D eigenvalue weighted by Crippen LogP contribution is 2.35. The van der Waals surface area contributed by atoms with Crippen molar-refractivity contribution in [3.63, 3.8) is 0 Å². The highest BCUT2D eigenvalue weighted by atomic mass is 32.2. The normalized spacial score (nSPS) is 13.0. The number of carbonyl (C=O) groups excluding carboxylic acids is 1. The number of hydrogen-bond acceptors (Lipinski definition) is 6. The molecule has 10 heteroatoms. The van der Waals surface area contributed by atoms with E-state index >= 15 is 0 Å². The van der Waals surface area contributed by atoms with E-state index in [-0.39, 0.29) is 17.0 Å². The molecule has 4 aromatic rings. The first kappa shape index (κ1) is 23.5. The van der Waals surface area contributed by atoms with Gasteiger partial charge >= 0.3 is 0 Å². The summed E-state index contributed by atoms with van der Waals surface area (Å²) in [5, 5.41) is 3.58. The van der Waals surface area contributed by atoms with Gasteiger partial charge in [0.05, 0.1) is 23.9 Å². The summed E-state index contributed by atoms with van der Waals surface area (Å²) >= 11 is 2.65. The van der Waals surface area contributed by atoms with E-state index in [0.29, 0.717) is 26.8 Å². The summed E-state index contributed by atoms with van der Waals surface area (Å²) in [5.74, 6) is -1.88. The largest absolute Gasteiger partial charge is 0.497 e. The van der Waals surface area contributed by atoms with Gasteiger partial charge in [-0.25, -0.2) is 13.8 Å². The molecule has 0 spiro atoms. The number of nitrogens with one attached hydrogen (secondary N) is 1. The second kappa shape index (κ2) is 9.79. The molecule has 0 saturated carbocycles. The zero-order valence-corrected chi connectivity index (χ0v) is 20.4. The first-order valence-electron chi connectivity index (χ1n) is 11.0. The van der Waals surface area contributed by atoms with Crippen molar-refractivity contribution in [1.29, 1.82) is 0 Å². The number of halogens is 2. The van der Waals surface area contributed by atoms with Gasteiger partial charge in [-0.3, -0.25) is 14.2 Å². The number of fused-ring (bicyclic) bond motifs is 3. The number of amides is 1. The van der Waals surface area contributed by atoms with Crippen molar-refractivity contribution in [2.24, 2.45) is 0 Å². The molecule has 1 aliphatic carbocycles. The lowest BCUT2D eigenvalue weighted by Crippen LogP contribution is -2.23. The lowest BCUT2D eigenvalue weighted by atomic mass is 9.97. The summed E-state index contributed by atoms with van der Waals surface area (Å²) in [6.07, 6.45) is 3.94. The maximum Gasteiger partial charge on any atom is 0.267 e. The average Bonchev–Trinajstić information content (AvgIpc) is 3.24. The summed E-state index contributed by atoms with van der Waals surface area (Å²) in [6.45, 7) is 0. The molecule has 0 aliphatic heterocycles. The third-order valence-electron chi connectivity index (χ3n) is 5.82. The fraction of sp³-hybridized carbons (Fsp3) is 0.240. The van der Waals surface area contributed by atoms with E-state index in [4.69, 9.17) is 9.72 Å². The van der Waals surface area contributed by atoms with Gasteiger partial charge in [-0.2, -0.15) is 0 Å². The number of benzene rings is 2. The number of hydrogen-bond donors (Lipinski definition) is 1. The average molecular weight is 514 g/mol. The summed E-state index contributed by atoms with van der Waals surface area (Å²) in [5.41, 5.74) is 1.69. The molecule has 1 aliphatic rings. The summed E-state index contributed by atoms with van der Waals surface area (Å²) in [4.78, 5) is 33.0. The van der Waals surface area contributed by atoms with Crippen LogP contribution in [0, 0.1) is 11.6 Å². The zero-order chi connectivity index (χ0) is 24.5. The van der Waals surface area contributed by atoms with Crippen LogP contribution >= 0.6 is 23.1 Å². The van der Waals surface area contributed by atoms with Crippen molar-refractivity contribution < 1.29 is 18.3 Å². The Kier molecular flexibility index (Phi) is 6.57. The smallest absolute Gasteiger partial charge is 0.267 e. The van der Waals surface area contributed by atoms with Crippen LogP contribution in [0.2, 0.25) is 0 Å². The van der Waals surface area contributed by atoms with Crippen LogP contribution in [0.25, 0.3) is 15.9 Å². The van der Waals surface area contributed by atoms with Crippen molar-refractivity contribution in [3.8, 4) is 11.4 Å². The maximum absolute atomic E-state index is 13.7. The monoisotopic (exact) mass is 513 g/mol. The van der Waals surface area contributed by atoms with E-state index in [1.807, 2.05) is 0 Å². The summed E-state index contributed by atoms with van der Waals surface area (Å²) < 4.78 is 33.4. The number of rotatable bonds is 6. The van der Waals surface area contributed by atoms with Gasteiger partial charge < -0.3 is 10.1 Å². The second-order valence-electron chi connectivity index (χ2n) is 8.09. The summed E-state index contributed by atoms with van der Waals surface area (Å²) in [7, 11) is 1.57. The van der Waals surface area contributed by atoms with Gasteiger partial charge in [-0.05, 0) is 67.6 Å². The van der Waals surface area contributed by atoms with Crippen LogP contribution in [0.15, 0.2) is 52.4 Å². The number of aryl methyl sites for hydroxylation is 2. The molecule has 0 fully saturated rings. The first-order valence-corrected chi connectivity index (χ1v) is 12.8. The molecule has 0 saturated heterocycles. The molecule has 2 aromatic carbocycles. The number of nitrogens with zero attached hydrogens (tertiary/aromatic N) is 2. The highest BCUT2D eigenvalue weighted by molar-refractivity contribution is 7.99. The SMILES string of the molecule is COc1ccc(-n2c(SCC(=O)Nc3ccc(F)c(F)c3)nc3sc4c(c3c2=O)CCCC4)cc1. The molecule has 2 heterocycles. The predicted octanol–water partition coefficient (Wildman–Crippen LogP) is 5.34. The number of anilines is 1. The predicted molar refractivity (Wildman–Crippen MR) is 134 cm³/mol. The van der Waals surface area contributed by atoms with Crippen molar-refractivity contribution >= 4 is 44.9 Å². The standard InChI is InChI=1S/C25H21F2N3O3S2/c1-33-16-9-7-15(8-10-16)30-24(32)22-17-4-2-3-5-20(17)35-23(22)29-25(30)34-13-21(31)28-14-6-11-18(26)19(27)12-14/h6-12H,2-5,13H2,1H3,(H,28,31). The Bertz CT molecular complexity index is 1480. The van der Waals surface area contributed by atoms with Gasteiger partial charge in [0.2, 0.25) is 5.91 Å². The molecule has 2 aromatic heterocycles. The molecule has 35 heavy (non-hydrogen) atoms. The number of ether oxygens (including phenoxy) is 1. The van der Waals surface area contributed by atoms with Crippen LogP contribution in [-0.4, -0.2) is 28.3 Å². The number of methoxy groups -OCH3 is 1. The highest BCUT2D eigenvalue weighted by Gasteiger charge is 2.23. The molecule has 6 nitrogen and oxygen atoms in total. The van der Waals surface area contributed by atoms with E-state index in [9.17, 15) is 18.4 Å². The van der Waals surface area contributed by atoms with Crippen LogP contribution in [0.4, 0.5) is 14.5 Å². The Morgan fingerprint density at radius 3 is 2.66 bits per heavy atom. The Morgan fingerprint density at radius 2 is 1.91 bits per heavy atom. The van der Waals surface area contributed by atoms with Crippen LogP contribution in [0.3, 0.4) is 0 Å². The minimum Gasteiger partial charge on any atom is -0.497 e. The van der Waals surface area contributed by atoms with E-state index in [1.54, 1.807) is 42.7 Å². The molecular weight excluding hydrogens is 492 g/mol. The van der Waals surface area contributed by atoms with Crippen LogP contribution in [-0.2, 0) is 17.6 Å². The van der Waals surface area contributed by atoms with Gasteiger partial charge in [0, 0.05) is 16.6 Å². The summed E-state index contributed by atoms with van der Waals surface area (Å²) in [6, 6.07) is 10.2. The Morgan fingerprint density at radius 1 is 1.14 bits per heavy atom. The maximum atomic E-state index is 13.7. The minimum atomic E-state index is -1.04. The second-order valence-corrected chi connectivity index (χ2v) is 10.1. The lowest BCUT2D eigenvalue weighted by Gasteiger charge is -2.14. The fourth-order valence-electron chi connectivity index (χ4n) is 4.14. The number of thiophene rings is 1. The number of carbonyl (C=O) groups is 1. The first-order chi connectivity index (χ1) is 16.9. The molecule has 0 radical (unpaired) electrons. The third kappa shape index (κ3) is 4.68. The van der Waals surface area contributed by atoms with Gasteiger partial charge in [0.25, 0.3) is 5.56 Å². The van der Waals surface area contributed by atoms with Crippen LogP contribution in [0.1, 0.15) is 23.3 Å². The molecule has 0 unspecified atom stereocenters. The molecule has 1 amide bonds. The van der Waals surface area contributed by atoms with Crippen LogP contribution < -0.4 is 15.6 Å². The van der Waals surface area contributed by atoms with E-state index in [2.05, 4.69) is 5.32 Å². The molecule has 1 N–H and O–H groups in total. The Balaban J connectivity index is 1.50. The zero-order valence-electron chi connectivity index (χ0n) is 18.8. The van der Waals surface area contributed by atoms with Crippen molar-refractivity contribution in [1.82, 2.24) is 9.55 Å². The van der Waals surface area contributed by atoms with Gasteiger partial charge in [-0.15, -0.1) is 11.3 Å². The van der Waals surface area contributed by atoms with E-state index in [0.717, 1.165) is 55.1 Å². The van der Waals surface area contributed by atoms with Crippen molar-refractivity contribution in [2.45, 2.75) is 30.8 Å². The number of thioether (sulfide) groups is 1. The quantitative estimate of drug-likeness (QED) is 0.278. The van der Waals surface area contributed by atoms with Gasteiger partial charge in [0.1, 0.15) is 10.6 Å². The van der Waals surface area contributed by atoms with E-state index < -0.39 is 17.5 Å². The fourth-order valence-corrected chi connectivity index (χ4v) is 6.26. The Labute approximate surface area is 208 Å².